The fourth-order valence-electron chi connectivity index (χ4n) is 1.76. The van der Waals surface area contributed by atoms with Gasteiger partial charge in [0.2, 0.25) is 0 Å². The summed E-state index contributed by atoms with van der Waals surface area (Å²) in [6, 6.07) is 0. The van der Waals surface area contributed by atoms with Crippen LogP contribution in [0.4, 0.5) is 0 Å². The van der Waals surface area contributed by atoms with Gasteiger partial charge in [0.25, 0.3) is 0 Å². The Morgan fingerprint density at radius 1 is 1.53 bits per heavy atom. The van der Waals surface area contributed by atoms with Crippen LogP contribution in [0.1, 0.15) is 39.5 Å². The molecular formula is C12H22N2O. The van der Waals surface area contributed by atoms with E-state index in [2.05, 4.69) is 24.1 Å². The monoisotopic (exact) mass is 210 g/mol. The molecule has 2 unspecified atom stereocenters. The van der Waals surface area contributed by atoms with Crippen molar-refractivity contribution in [1.82, 2.24) is 4.90 Å². The Hall–Kier alpha value is -0.670. The number of allylic oxidation sites excluding steroid dienone is 2. The number of aliphatic hydroxyl groups excluding tert-OH is 1. The molecule has 0 fully saturated rings. The SMILES string of the molecule is CCC/C=C/CCC1N=CCN1C(C)O. The van der Waals surface area contributed by atoms with E-state index >= 15 is 0 Å². The van der Waals surface area contributed by atoms with Gasteiger partial charge in [0.1, 0.15) is 12.4 Å². The highest BCUT2D eigenvalue weighted by Gasteiger charge is 2.23. The zero-order chi connectivity index (χ0) is 11.1. The highest BCUT2D eigenvalue weighted by atomic mass is 16.3. The Labute approximate surface area is 92.5 Å². The van der Waals surface area contributed by atoms with Crippen LogP contribution in [0.2, 0.25) is 0 Å². The average molecular weight is 210 g/mol. The Bertz CT molecular complexity index is 224. The zero-order valence-electron chi connectivity index (χ0n) is 9.76. The van der Waals surface area contributed by atoms with Gasteiger partial charge in [-0.1, -0.05) is 25.5 Å². The van der Waals surface area contributed by atoms with Crippen molar-refractivity contribution in [3.8, 4) is 0 Å². The number of aliphatic hydroxyl groups is 1. The quantitative estimate of drug-likeness (QED) is 0.682. The van der Waals surface area contributed by atoms with E-state index < -0.39 is 6.23 Å². The van der Waals surface area contributed by atoms with Crippen LogP contribution in [-0.4, -0.2) is 35.2 Å². The minimum Gasteiger partial charge on any atom is -0.379 e. The molecule has 0 bridgehead atoms. The first-order valence-corrected chi connectivity index (χ1v) is 5.86. The van der Waals surface area contributed by atoms with Crippen LogP contribution in [0.3, 0.4) is 0 Å². The molecule has 1 aliphatic heterocycles. The van der Waals surface area contributed by atoms with Crippen molar-refractivity contribution in [2.24, 2.45) is 4.99 Å². The first-order valence-electron chi connectivity index (χ1n) is 5.86. The minimum atomic E-state index is -0.392. The maximum atomic E-state index is 9.49. The summed E-state index contributed by atoms with van der Waals surface area (Å²) in [5.41, 5.74) is 0. The number of aliphatic imine (C=N–C) groups is 1. The molecule has 0 aromatic carbocycles. The van der Waals surface area contributed by atoms with E-state index in [1.807, 2.05) is 11.1 Å². The zero-order valence-corrected chi connectivity index (χ0v) is 9.76. The lowest BCUT2D eigenvalue weighted by Crippen LogP contribution is -2.37. The number of nitrogens with zero attached hydrogens (tertiary/aromatic N) is 2. The van der Waals surface area contributed by atoms with E-state index in [9.17, 15) is 5.11 Å². The molecule has 0 amide bonds. The van der Waals surface area contributed by atoms with E-state index in [0.29, 0.717) is 0 Å². The molecule has 0 aliphatic carbocycles. The lowest BCUT2D eigenvalue weighted by Gasteiger charge is -2.25. The first-order chi connectivity index (χ1) is 7.25. The standard InChI is InChI=1S/C12H22N2O/c1-3-4-5-6-7-8-12-13-9-10-14(12)11(2)15/h5-6,9,11-12,15H,3-4,7-8,10H2,1-2H3/b6-5+. The second kappa shape index (κ2) is 6.75. The smallest absolute Gasteiger partial charge is 0.106 e. The molecule has 1 rings (SSSR count). The third kappa shape index (κ3) is 4.14. The summed E-state index contributed by atoms with van der Waals surface area (Å²) in [4.78, 5) is 6.37. The lowest BCUT2D eigenvalue weighted by molar-refractivity contribution is 0.00797. The fourth-order valence-corrected chi connectivity index (χ4v) is 1.76. The third-order valence-corrected chi connectivity index (χ3v) is 2.65. The van der Waals surface area contributed by atoms with Gasteiger partial charge in [0.05, 0.1) is 0 Å². The lowest BCUT2D eigenvalue weighted by atomic mass is 10.2. The summed E-state index contributed by atoms with van der Waals surface area (Å²) < 4.78 is 0. The van der Waals surface area contributed by atoms with Crippen molar-refractivity contribution < 1.29 is 5.11 Å². The van der Waals surface area contributed by atoms with E-state index in [-0.39, 0.29) is 6.17 Å². The van der Waals surface area contributed by atoms with E-state index in [0.717, 1.165) is 25.8 Å². The Balaban J connectivity index is 2.22. The molecule has 1 aliphatic rings. The van der Waals surface area contributed by atoms with Gasteiger partial charge in [-0.2, -0.15) is 0 Å². The number of unbranched alkanes of at least 4 members (excludes halogenated alkanes) is 1. The molecule has 0 aromatic heterocycles. The third-order valence-electron chi connectivity index (χ3n) is 2.65. The summed E-state index contributed by atoms with van der Waals surface area (Å²) in [7, 11) is 0. The Morgan fingerprint density at radius 2 is 2.27 bits per heavy atom. The molecule has 1 heterocycles. The van der Waals surface area contributed by atoms with Crippen molar-refractivity contribution in [3.63, 3.8) is 0 Å². The molecule has 0 saturated heterocycles. The van der Waals surface area contributed by atoms with Crippen LogP contribution in [-0.2, 0) is 0 Å². The summed E-state index contributed by atoms with van der Waals surface area (Å²) >= 11 is 0. The predicted octanol–water partition coefficient (Wildman–Crippen LogP) is 2.17. The highest BCUT2D eigenvalue weighted by molar-refractivity contribution is 5.62. The maximum absolute atomic E-state index is 9.49. The summed E-state index contributed by atoms with van der Waals surface area (Å²) in [5.74, 6) is 0. The normalized spacial score (nSPS) is 24.1. The van der Waals surface area contributed by atoms with Gasteiger partial charge in [-0.15, -0.1) is 0 Å². The number of hydrogen-bond donors (Lipinski definition) is 1. The van der Waals surface area contributed by atoms with Crippen LogP contribution in [0.15, 0.2) is 17.1 Å². The van der Waals surface area contributed by atoms with E-state index in [1.165, 1.54) is 6.42 Å². The summed E-state index contributed by atoms with van der Waals surface area (Å²) in [6.45, 7) is 4.76. The number of rotatable bonds is 6. The molecule has 0 radical (unpaired) electrons. The van der Waals surface area contributed by atoms with E-state index in [4.69, 9.17) is 0 Å². The van der Waals surface area contributed by atoms with Gasteiger partial charge in [-0.25, -0.2) is 0 Å². The largest absolute Gasteiger partial charge is 0.379 e. The molecule has 15 heavy (non-hydrogen) atoms. The van der Waals surface area contributed by atoms with Crippen LogP contribution in [0, 0.1) is 0 Å². The molecule has 3 heteroatoms. The molecule has 2 atom stereocenters. The second-order valence-electron chi connectivity index (χ2n) is 3.98. The first kappa shape index (κ1) is 12.4. The molecule has 0 saturated carbocycles. The van der Waals surface area contributed by atoms with Crippen molar-refractivity contribution >= 4 is 6.21 Å². The number of hydrogen-bond acceptors (Lipinski definition) is 3. The summed E-state index contributed by atoms with van der Waals surface area (Å²) in [5, 5.41) is 9.49. The molecule has 0 spiro atoms. The van der Waals surface area contributed by atoms with Crippen LogP contribution >= 0.6 is 0 Å². The van der Waals surface area contributed by atoms with Gasteiger partial charge >= 0.3 is 0 Å². The Morgan fingerprint density at radius 3 is 2.93 bits per heavy atom. The Kier molecular flexibility index (Phi) is 5.58. The molecular weight excluding hydrogens is 188 g/mol. The van der Waals surface area contributed by atoms with Gasteiger partial charge in [0, 0.05) is 12.8 Å². The summed E-state index contributed by atoms with van der Waals surface area (Å²) in [6.07, 6.45) is 10.5. The van der Waals surface area contributed by atoms with Gasteiger partial charge in [0.15, 0.2) is 0 Å². The molecule has 0 aromatic rings. The molecule has 86 valence electrons. The van der Waals surface area contributed by atoms with Gasteiger partial charge in [-0.05, 0) is 26.2 Å². The molecule has 1 N–H and O–H groups in total. The van der Waals surface area contributed by atoms with Crippen molar-refractivity contribution in [2.75, 3.05) is 6.54 Å². The second-order valence-corrected chi connectivity index (χ2v) is 3.98. The maximum Gasteiger partial charge on any atom is 0.106 e. The van der Waals surface area contributed by atoms with E-state index in [1.54, 1.807) is 6.92 Å². The van der Waals surface area contributed by atoms with Crippen molar-refractivity contribution in [2.45, 2.75) is 51.9 Å². The van der Waals surface area contributed by atoms with Crippen LogP contribution in [0.25, 0.3) is 0 Å². The average Bonchev–Trinajstić information content (AvgIpc) is 2.66. The van der Waals surface area contributed by atoms with Gasteiger partial charge < -0.3 is 5.11 Å². The van der Waals surface area contributed by atoms with Crippen molar-refractivity contribution in [1.29, 1.82) is 0 Å². The topological polar surface area (TPSA) is 35.8 Å². The highest BCUT2D eigenvalue weighted by Crippen LogP contribution is 2.15. The fraction of sp³-hybridized carbons (Fsp3) is 0.750. The van der Waals surface area contributed by atoms with Crippen molar-refractivity contribution in [3.05, 3.63) is 12.2 Å². The van der Waals surface area contributed by atoms with Gasteiger partial charge in [-0.3, -0.25) is 9.89 Å². The molecule has 3 nitrogen and oxygen atoms in total. The predicted molar refractivity (Wildman–Crippen MR) is 63.9 cm³/mol. The van der Waals surface area contributed by atoms with Crippen LogP contribution in [0.5, 0.6) is 0 Å². The van der Waals surface area contributed by atoms with Crippen LogP contribution < -0.4 is 0 Å². The minimum absolute atomic E-state index is 0.177.